The number of rotatable bonds is 4. The molecule has 14 heavy (non-hydrogen) atoms. The lowest BCUT2D eigenvalue weighted by atomic mass is 10.0. The Morgan fingerprint density at radius 1 is 1.21 bits per heavy atom. The highest BCUT2D eigenvalue weighted by Crippen LogP contribution is 2.23. The van der Waals surface area contributed by atoms with Crippen LogP contribution in [0.15, 0.2) is 24.3 Å². The minimum atomic E-state index is -0.0947. The molecule has 0 N–H and O–H groups in total. The summed E-state index contributed by atoms with van der Waals surface area (Å²) < 4.78 is 5.84. The molecular weight excluding hydrogens is 196 g/mol. The predicted octanol–water partition coefficient (Wildman–Crippen LogP) is 4.30. The first-order valence-corrected chi connectivity index (χ1v) is 5.36. The first-order chi connectivity index (χ1) is 6.53. The monoisotopic (exact) mass is 212 g/mol. The van der Waals surface area contributed by atoms with Crippen molar-refractivity contribution in [2.24, 2.45) is 0 Å². The molecule has 1 aromatic carbocycles. The molecule has 0 radical (unpaired) electrons. The maximum atomic E-state index is 5.84. The molecule has 2 heteroatoms. The molecule has 0 aliphatic rings. The number of halogens is 1. The molecule has 0 aliphatic heterocycles. The van der Waals surface area contributed by atoms with Gasteiger partial charge >= 0.3 is 0 Å². The van der Waals surface area contributed by atoms with Gasteiger partial charge in [0.2, 0.25) is 0 Å². The summed E-state index contributed by atoms with van der Waals surface area (Å²) in [4.78, 5) is 0. The lowest BCUT2D eigenvalue weighted by Gasteiger charge is -2.26. The fraction of sp³-hybridized carbons (Fsp3) is 0.500. The lowest BCUT2D eigenvalue weighted by Crippen LogP contribution is -2.27. The van der Waals surface area contributed by atoms with Gasteiger partial charge in [-0.25, -0.2) is 0 Å². The van der Waals surface area contributed by atoms with E-state index in [-0.39, 0.29) is 5.60 Å². The van der Waals surface area contributed by atoms with Crippen molar-refractivity contribution < 1.29 is 4.74 Å². The third-order valence-electron chi connectivity index (χ3n) is 2.06. The van der Waals surface area contributed by atoms with Crippen LogP contribution in [0.4, 0.5) is 0 Å². The van der Waals surface area contributed by atoms with Crippen molar-refractivity contribution >= 4 is 11.6 Å². The predicted molar refractivity (Wildman–Crippen MR) is 61.1 cm³/mol. The molecule has 0 unspecified atom stereocenters. The van der Waals surface area contributed by atoms with Crippen LogP contribution in [0.3, 0.4) is 0 Å². The highest BCUT2D eigenvalue weighted by Gasteiger charge is 2.17. The quantitative estimate of drug-likeness (QED) is 0.723. The molecule has 1 rings (SSSR count). The summed E-state index contributed by atoms with van der Waals surface area (Å²) in [6.45, 7) is 6.36. The van der Waals surface area contributed by atoms with Crippen molar-refractivity contribution in [2.45, 2.75) is 39.2 Å². The van der Waals surface area contributed by atoms with Crippen molar-refractivity contribution in [1.29, 1.82) is 0 Å². The van der Waals surface area contributed by atoms with Crippen molar-refractivity contribution in [3.8, 4) is 5.75 Å². The normalized spacial score (nSPS) is 11.4. The smallest absolute Gasteiger partial charge is 0.120 e. The van der Waals surface area contributed by atoms with Crippen LogP contribution < -0.4 is 4.74 Å². The van der Waals surface area contributed by atoms with E-state index in [4.69, 9.17) is 16.3 Å². The van der Waals surface area contributed by atoms with E-state index in [0.29, 0.717) is 0 Å². The van der Waals surface area contributed by atoms with Crippen LogP contribution >= 0.6 is 11.6 Å². The van der Waals surface area contributed by atoms with Gasteiger partial charge in [-0.1, -0.05) is 24.9 Å². The molecule has 0 spiro atoms. The summed E-state index contributed by atoms with van der Waals surface area (Å²) in [5.41, 5.74) is -0.0947. The van der Waals surface area contributed by atoms with Crippen molar-refractivity contribution in [3.05, 3.63) is 29.3 Å². The van der Waals surface area contributed by atoms with Crippen LogP contribution in [0, 0.1) is 0 Å². The molecule has 78 valence electrons. The molecule has 0 amide bonds. The van der Waals surface area contributed by atoms with Crippen LogP contribution in [0.2, 0.25) is 5.02 Å². The van der Waals surface area contributed by atoms with E-state index >= 15 is 0 Å². The largest absolute Gasteiger partial charge is 0.488 e. The number of ether oxygens (including phenoxy) is 1. The van der Waals surface area contributed by atoms with E-state index in [1.165, 1.54) is 0 Å². The highest BCUT2D eigenvalue weighted by molar-refractivity contribution is 6.30. The Morgan fingerprint density at radius 3 is 2.29 bits per heavy atom. The summed E-state index contributed by atoms with van der Waals surface area (Å²) in [5.74, 6) is 0.882. The van der Waals surface area contributed by atoms with Gasteiger partial charge in [0.15, 0.2) is 0 Å². The molecule has 0 fully saturated rings. The van der Waals surface area contributed by atoms with Crippen LogP contribution in [-0.2, 0) is 0 Å². The molecule has 0 aliphatic carbocycles. The van der Waals surface area contributed by atoms with E-state index < -0.39 is 0 Å². The minimum absolute atomic E-state index is 0.0947. The highest BCUT2D eigenvalue weighted by atomic mass is 35.5. The van der Waals surface area contributed by atoms with Gasteiger partial charge in [0.05, 0.1) is 0 Å². The van der Waals surface area contributed by atoms with Gasteiger partial charge in [0.25, 0.3) is 0 Å². The molecule has 0 heterocycles. The topological polar surface area (TPSA) is 9.23 Å². The third-order valence-corrected chi connectivity index (χ3v) is 2.31. The number of benzene rings is 1. The average molecular weight is 213 g/mol. The standard InChI is InChI=1S/C12H17ClO/c1-4-9-12(2,3)14-11-7-5-10(13)6-8-11/h5-8H,4,9H2,1-3H3. The molecule has 0 aromatic heterocycles. The molecule has 0 atom stereocenters. The van der Waals surface area contributed by atoms with Crippen LogP contribution in [-0.4, -0.2) is 5.60 Å². The fourth-order valence-electron chi connectivity index (χ4n) is 1.47. The summed E-state index contributed by atoms with van der Waals surface area (Å²) in [5, 5.41) is 0.741. The summed E-state index contributed by atoms with van der Waals surface area (Å²) in [6.07, 6.45) is 2.18. The van der Waals surface area contributed by atoms with E-state index in [0.717, 1.165) is 23.6 Å². The average Bonchev–Trinajstić information content (AvgIpc) is 2.08. The van der Waals surface area contributed by atoms with Crippen molar-refractivity contribution in [1.82, 2.24) is 0 Å². The Hall–Kier alpha value is -0.690. The van der Waals surface area contributed by atoms with Crippen molar-refractivity contribution in [2.75, 3.05) is 0 Å². The second kappa shape index (κ2) is 4.70. The first-order valence-electron chi connectivity index (χ1n) is 4.98. The van der Waals surface area contributed by atoms with Crippen molar-refractivity contribution in [3.63, 3.8) is 0 Å². The second-order valence-corrected chi connectivity index (χ2v) is 4.50. The number of hydrogen-bond acceptors (Lipinski definition) is 1. The molecule has 1 nitrogen and oxygen atoms in total. The van der Waals surface area contributed by atoms with E-state index in [9.17, 15) is 0 Å². The SMILES string of the molecule is CCCC(C)(C)Oc1ccc(Cl)cc1. The molecular formula is C12H17ClO. The van der Waals surface area contributed by atoms with Gasteiger partial charge < -0.3 is 4.74 Å². The zero-order chi connectivity index (χ0) is 10.6. The van der Waals surface area contributed by atoms with E-state index in [1.807, 2.05) is 24.3 Å². The summed E-state index contributed by atoms with van der Waals surface area (Å²) in [7, 11) is 0. The van der Waals surface area contributed by atoms with Gasteiger partial charge in [-0.2, -0.15) is 0 Å². The van der Waals surface area contributed by atoms with Gasteiger partial charge in [-0.15, -0.1) is 0 Å². The fourth-order valence-corrected chi connectivity index (χ4v) is 1.60. The second-order valence-electron chi connectivity index (χ2n) is 4.07. The lowest BCUT2D eigenvalue weighted by molar-refractivity contribution is 0.0986. The molecule has 0 saturated heterocycles. The third kappa shape index (κ3) is 3.59. The Bertz CT molecular complexity index is 277. The maximum Gasteiger partial charge on any atom is 0.120 e. The first kappa shape index (κ1) is 11.4. The van der Waals surface area contributed by atoms with Crippen LogP contribution in [0.5, 0.6) is 5.75 Å². The Kier molecular flexibility index (Phi) is 3.82. The molecule has 0 saturated carbocycles. The van der Waals surface area contributed by atoms with Crippen LogP contribution in [0.25, 0.3) is 0 Å². The maximum absolute atomic E-state index is 5.84. The van der Waals surface area contributed by atoms with E-state index in [2.05, 4.69) is 20.8 Å². The number of hydrogen-bond donors (Lipinski definition) is 0. The Labute approximate surface area is 91.0 Å². The molecule has 0 bridgehead atoms. The van der Waals surface area contributed by atoms with Crippen LogP contribution in [0.1, 0.15) is 33.6 Å². The molecule has 1 aromatic rings. The Morgan fingerprint density at radius 2 is 1.79 bits per heavy atom. The van der Waals surface area contributed by atoms with Gasteiger partial charge in [-0.3, -0.25) is 0 Å². The zero-order valence-electron chi connectivity index (χ0n) is 9.01. The van der Waals surface area contributed by atoms with Gasteiger partial charge in [0, 0.05) is 5.02 Å². The summed E-state index contributed by atoms with van der Waals surface area (Å²) in [6, 6.07) is 7.50. The van der Waals surface area contributed by atoms with Gasteiger partial charge in [0.1, 0.15) is 11.4 Å². The van der Waals surface area contributed by atoms with Gasteiger partial charge in [-0.05, 0) is 44.5 Å². The minimum Gasteiger partial charge on any atom is -0.488 e. The van der Waals surface area contributed by atoms with E-state index in [1.54, 1.807) is 0 Å². The summed E-state index contributed by atoms with van der Waals surface area (Å²) >= 11 is 5.79. The zero-order valence-corrected chi connectivity index (χ0v) is 9.77. The Balaban J connectivity index is 2.64.